The van der Waals surface area contributed by atoms with Gasteiger partial charge in [0.15, 0.2) is 0 Å². The third-order valence-corrected chi connectivity index (χ3v) is 4.86. The molecule has 0 fully saturated rings. The first-order valence-electron chi connectivity index (χ1n) is 7.47. The molecule has 2 N–H and O–H groups in total. The fourth-order valence-corrected chi connectivity index (χ4v) is 3.64. The summed E-state index contributed by atoms with van der Waals surface area (Å²) in [5.41, 5.74) is 1.56. The first kappa shape index (κ1) is 14.3. The molecular formula is C16H16N4O2S. The van der Waals surface area contributed by atoms with Crippen molar-refractivity contribution in [2.45, 2.75) is 24.0 Å². The highest BCUT2D eigenvalue weighted by atomic mass is 32.2. The number of anilines is 1. The predicted molar refractivity (Wildman–Crippen MR) is 87.5 cm³/mol. The number of Topliss-reactive ketones (excluding diaryl/α,β-unsaturated/α-hetero) is 1. The van der Waals surface area contributed by atoms with Crippen LogP contribution >= 0.6 is 11.8 Å². The van der Waals surface area contributed by atoms with Crippen molar-refractivity contribution < 1.29 is 9.90 Å². The summed E-state index contributed by atoms with van der Waals surface area (Å²) in [5, 5.41) is 18.7. The number of ketones is 1. The van der Waals surface area contributed by atoms with Gasteiger partial charge in [-0.1, -0.05) is 36.0 Å². The Bertz CT molecular complexity index is 814. The molecule has 0 unspecified atom stereocenters. The van der Waals surface area contributed by atoms with Crippen molar-refractivity contribution in [1.29, 1.82) is 0 Å². The number of aromatic hydroxyl groups is 1. The minimum atomic E-state index is -0.375. The van der Waals surface area contributed by atoms with E-state index in [4.69, 9.17) is 0 Å². The second-order valence-electron chi connectivity index (χ2n) is 5.64. The van der Waals surface area contributed by atoms with E-state index < -0.39 is 0 Å². The van der Waals surface area contributed by atoms with E-state index >= 15 is 0 Å². The first-order valence-corrected chi connectivity index (χ1v) is 8.69. The van der Waals surface area contributed by atoms with Gasteiger partial charge < -0.3 is 10.4 Å². The molecule has 23 heavy (non-hydrogen) atoms. The van der Waals surface area contributed by atoms with Gasteiger partial charge in [-0.3, -0.25) is 4.79 Å². The van der Waals surface area contributed by atoms with Crippen LogP contribution in [0.2, 0.25) is 0 Å². The molecule has 0 amide bonds. The number of phenolic OH excluding ortho intramolecular Hbond substituents is 1. The zero-order chi connectivity index (χ0) is 16.0. The Morgan fingerprint density at radius 3 is 3.00 bits per heavy atom. The van der Waals surface area contributed by atoms with Gasteiger partial charge in [0.1, 0.15) is 11.5 Å². The lowest BCUT2D eigenvalue weighted by atomic mass is 9.80. The maximum atomic E-state index is 12.6. The number of thioether (sulfide) groups is 1. The Kier molecular flexibility index (Phi) is 3.37. The van der Waals surface area contributed by atoms with Crippen LogP contribution < -0.4 is 5.32 Å². The highest BCUT2D eigenvalue weighted by molar-refractivity contribution is 7.98. The molecule has 0 bridgehead atoms. The summed E-state index contributed by atoms with van der Waals surface area (Å²) in [6.07, 6.45) is 5.21. The third kappa shape index (κ3) is 2.23. The summed E-state index contributed by atoms with van der Waals surface area (Å²) in [4.78, 5) is 17.0. The van der Waals surface area contributed by atoms with E-state index in [0.29, 0.717) is 23.1 Å². The number of nitrogens with one attached hydrogen (secondary N) is 1. The number of nitrogens with zero attached hydrogens (tertiary/aromatic N) is 3. The minimum Gasteiger partial charge on any atom is -0.508 e. The molecule has 7 heteroatoms. The molecule has 2 heterocycles. The number of benzene rings is 1. The molecule has 0 spiro atoms. The van der Waals surface area contributed by atoms with E-state index in [9.17, 15) is 9.90 Å². The number of carbonyl (C=O) groups excluding carboxylic acids is 1. The predicted octanol–water partition coefficient (Wildman–Crippen LogP) is 2.58. The normalized spacial score (nSPS) is 22.8. The number of rotatable bonds is 2. The van der Waals surface area contributed by atoms with Gasteiger partial charge in [0.2, 0.25) is 11.1 Å². The number of carbonyl (C=O) groups is 1. The van der Waals surface area contributed by atoms with Crippen molar-refractivity contribution in [3.05, 3.63) is 41.6 Å². The van der Waals surface area contributed by atoms with Crippen LogP contribution in [0.1, 0.15) is 24.4 Å². The van der Waals surface area contributed by atoms with Crippen molar-refractivity contribution in [2.24, 2.45) is 5.92 Å². The monoisotopic (exact) mass is 328 g/mol. The minimum absolute atomic E-state index is 0.162. The van der Waals surface area contributed by atoms with E-state index in [-0.39, 0.29) is 23.5 Å². The van der Waals surface area contributed by atoms with E-state index in [0.717, 1.165) is 12.1 Å². The van der Waals surface area contributed by atoms with Crippen LogP contribution in [0.4, 0.5) is 5.95 Å². The lowest BCUT2D eigenvalue weighted by molar-refractivity contribution is -0.123. The fraction of sp³-hybridized carbons (Fsp3) is 0.312. The first-order chi connectivity index (χ1) is 11.2. The van der Waals surface area contributed by atoms with Gasteiger partial charge in [0, 0.05) is 17.7 Å². The largest absolute Gasteiger partial charge is 0.508 e. The number of aromatic nitrogens is 3. The molecular weight excluding hydrogens is 312 g/mol. The van der Waals surface area contributed by atoms with Crippen LogP contribution in [0.15, 0.2) is 41.2 Å². The van der Waals surface area contributed by atoms with Crippen molar-refractivity contribution >= 4 is 23.5 Å². The maximum absolute atomic E-state index is 12.6. The molecule has 2 aliphatic rings. The van der Waals surface area contributed by atoms with Gasteiger partial charge in [0.25, 0.3) is 0 Å². The van der Waals surface area contributed by atoms with Crippen LogP contribution in [0, 0.1) is 5.92 Å². The van der Waals surface area contributed by atoms with Gasteiger partial charge in [-0.25, -0.2) is 4.68 Å². The van der Waals surface area contributed by atoms with E-state index in [2.05, 4.69) is 21.5 Å². The summed E-state index contributed by atoms with van der Waals surface area (Å²) in [6.45, 7) is 0. The third-order valence-electron chi connectivity index (χ3n) is 4.32. The molecule has 2 aromatic rings. The Hall–Kier alpha value is -2.28. The van der Waals surface area contributed by atoms with Crippen molar-refractivity contribution in [2.75, 3.05) is 11.6 Å². The van der Waals surface area contributed by atoms with Crippen LogP contribution in [0.25, 0.3) is 0 Å². The van der Waals surface area contributed by atoms with Gasteiger partial charge in [0.05, 0.1) is 12.0 Å². The average Bonchev–Trinajstić information content (AvgIpc) is 2.97. The molecule has 0 radical (unpaired) electrons. The van der Waals surface area contributed by atoms with Gasteiger partial charge in [-0.15, -0.1) is 5.10 Å². The number of hydrogen-bond donors (Lipinski definition) is 2. The number of hydrogen-bond acceptors (Lipinski definition) is 6. The number of fused-ring (bicyclic) bond motifs is 2. The van der Waals surface area contributed by atoms with Crippen molar-refractivity contribution in [1.82, 2.24) is 14.8 Å². The number of para-hydroxylation sites is 1. The van der Waals surface area contributed by atoms with Crippen LogP contribution in [0.5, 0.6) is 5.75 Å². The highest BCUT2D eigenvalue weighted by Gasteiger charge is 2.42. The summed E-state index contributed by atoms with van der Waals surface area (Å²) in [6, 6.07) is 6.74. The topological polar surface area (TPSA) is 80.0 Å². The molecule has 0 saturated heterocycles. The Labute approximate surface area is 137 Å². The molecule has 1 aliphatic heterocycles. The Balaban J connectivity index is 1.94. The lowest BCUT2D eigenvalue weighted by Gasteiger charge is -2.36. The van der Waals surface area contributed by atoms with Crippen LogP contribution in [-0.4, -0.2) is 31.9 Å². The standard InChI is InChI=1S/C16H16N4O2S/c1-23-16-18-15-17-10-6-4-8-12(22)13(10)14(20(15)19-16)9-5-2-3-7-11(9)21/h2-3,5-7,13-14,21H,4,8H2,1H3,(H,17,18,19)/t13-,14-/m1/s1. The van der Waals surface area contributed by atoms with E-state index in [1.165, 1.54) is 11.8 Å². The molecule has 2 atom stereocenters. The van der Waals surface area contributed by atoms with Gasteiger partial charge in [-0.2, -0.15) is 4.98 Å². The molecule has 6 nitrogen and oxygen atoms in total. The van der Waals surface area contributed by atoms with Crippen molar-refractivity contribution in [3.8, 4) is 5.75 Å². The summed E-state index contributed by atoms with van der Waals surface area (Å²) in [7, 11) is 0. The second kappa shape index (κ2) is 5.42. The lowest BCUT2D eigenvalue weighted by Crippen LogP contribution is -2.38. The molecule has 1 aromatic carbocycles. The molecule has 1 aliphatic carbocycles. The highest BCUT2D eigenvalue weighted by Crippen LogP contribution is 2.43. The Morgan fingerprint density at radius 1 is 1.39 bits per heavy atom. The quantitative estimate of drug-likeness (QED) is 0.825. The molecule has 118 valence electrons. The zero-order valence-corrected chi connectivity index (χ0v) is 13.4. The van der Waals surface area contributed by atoms with E-state index in [1.807, 2.05) is 18.4 Å². The summed E-state index contributed by atoms with van der Waals surface area (Å²) < 4.78 is 1.73. The summed E-state index contributed by atoms with van der Waals surface area (Å²) >= 11 is 1.45. The zero-order valence-electron chi connectivity index (χ0n) is 12.6. The Morgan fingerprint density at radius 2 is 2.22 bits per heavy atom. The second-order valence-corrected chi connectivity index (χ2v) is 6.41. The molecule has 0 saturated carbocycles. The SMILES string of the molecule is CSc1nc2n(n1)[C@H](c1ccccc1O)[C@H]1C(=O)CCC=C1N2. The smallest absolute Gasteiger partial charge is 0.227 e. The number of phenols is 1. The summed E-state index contributed by atoms with van der Waals surface area (Å²) in [5.74, 6) is 0.583. The average molecular weight is 328 g/mol. The van der Waals surface area contributed by atoms with Crippen molar-refractivity contribution in [3.63, 3.8) is 0 Å². The van der Waals surface area contributed by atoms with Crippen LogP contribution in [-0.2, 0) is 4.79 Å². The molecule has 1 aromatic heterocycles. The van der Waals surface area contributed by atoms with E-state index in [1.54, 1.807) is 16.8 Å². The number of allylic oxidation sites excluding steroid dienone is 2. The maximum Gasteiger partial charge on any atom is 0.227 e. The van der Waals surface area contributed by atoms with Gasteiger partial charge >= 0.3 is 0 Å². The van der Waals surface area contributed by atoms with Crippen LogP contribution in [0.3, 0.4) is 0 Å². The fourth-order valence-electron chi connectivity index (χ4n) is 3.29. The molecule has 4 rings (SSSR count). The van der Waals surface area contributed by atoms with Gasteiger partial charge in [-0.05, 0) is 18.7 Å².